The van der Waals surface area contributed by atoms with Crippen molar-refractivity contribution in [3.05, 3.63) is 0 Å². The third-order valence-corrected chi connectivity index (χ3v) is 0.986. The lowest BCUT2D eigenvalue weighted by atomic mass is 10.3. The van der Waals surface area contributed by atoms with Crippen molar-refractivity contribution >= 4 is 12.6 Å². The Hall–Kier alpha value is 0.310. The molecule has 0 aliphatic carbocycles. The number of aliphatic hydroxyl groups is 1. The van der Waals surface area contributed by atoms with E-state index in [9.17, 15) is 0 Å². The molecule has 0 amide bonds. The molecule has 0 aliphatic heterocycles. The van der Waals surface area contributed by atoms with E-state index in [1.54, 1.807) is 6.92 Å². The Kier molecular flexibility index (Phi) is 1.94. The largest absolute Gasteiger partial charge is 0.380 e. The molecular formula is C4H10OS. The second-order valence-electron chi connectivity index (χ2n) is 1.57. The minimum atomic E-state index is -0.764. The molecule has 1 N–H and O–H groups in total. The first kappa shape index (κ1) is 6.31. The molecule has 0 aromatic heterocycles. The summed E-state index contributed by atoms with van der Waals surface area (Å²) in [6.07, 6.45) is 0.691. The summed E-state index contributed by atoms with van der Waals surface area (Å²) in [7, 11) is 0. The van der Waals surface area contributed by atoms with Crippen molar-refractivity contribution < 1.29 is 5.11 Å². The zero-order valence-electron chi connectivity index (χ0n) is 4.10. The molecule has 1 atom stereocenters. The number of hydrogen-bond donors (Lipinski definition) is 2. The first-order valence-electron chi connectivity index (χ1n) is 2.01. The highest BCUT2D eigenvalue weighted by atomic mass is 32.1. The standard InChI is InChI=1S/C4H10OS/c1-3-4(2,5)6/h5-6H,3H2,1-2H3. The molecule has 0 spiro atoms. The summed E-state index contributed by atoms with van der Waals surface area (Å²) >= 11 is 3.81. The van der Waals surface area contributed by atoms with Crippen LogP contribution < -0.4 is 0 Å². The summed E-state index contributed by atoms with van der Waals surface area (Å²) in [5, 5.41) is 8.69. The number of rotatable bonds is 1. The molecule has 0 aliphatic rings. The number of hydrogen-bond acceptors (Lipinski definition) is 2. The predicted molar refractivity (Wildman–Crippen MR) is 29.9 cm³/mol. The van der Waals surface area contributed by atoms with Crippen molar-refractivity contribution in [2.45, 2.75) is 25.2 Å². The van der Waals surface area contributed by atoms with Crippen LogP contribution in [0.25, 0.3) is 0 Å². The van der Waals surface area contributed by atoms with Crippen LogP contribution in [0.4, 0.5) is 0 Å². The van der Waals surface area contributed by atoms with Crippen molar-refractivity contribution in [2.75, 3.05) is 0 Å². The van der Waals surface area contributed by atoms with Crippen LogP contribution in [0.5, 0.6) is 0 Å². The monoisotopic (exact) mass is 106 g/mol. The fourth-order valence-corrected chi connectivity index (χ4v) is 0. The van der Waals surface area contributed by atoms with Crippen LogP contribution in [-0.4, -0.2) is 10.0 Å². The topological polar surface area (TPSA) is 20.2 Å². The highest BCUT2D eigenvalue weighted by Crippen LogP contribution is 2.10. The van der Waals surface area contributed by atoms with Gasteiger partial charge in [0.2, 0.25) is 0 Å². The first-order valence-corrected chi connectivity index (χ1v) is 2.46. The maximum Gasteiger partial charge on any atom is 0.104 e. The van der Waals surface area contributed by atoms with Crippen LogP contribution in [0.2, 0.25) is 0 Å². The zero-order chi connectivity index (χ0) is 5.21. The van der Waals surface area contributed by atoms with Gasteiger partial charge in [-0.15, -0.1) is 12.6 Å². The molecule has 0 fully saturated rings. The summed E-state index contributed by atoms with van der Waals surface area (Å²) in [5.74, 6) is 0. The molecule has 2 heteroatoms. The maximum absolute atomic E-state index is 8.69. The number of thiol groups is 1. The fourth-order valence-electron chi connectivity index (χ4n) is 0. The van der Waals surface area contributed by atoms with Gasteiger partial charge < -0.3 is 5.11 Å². The molecular weight excluding hydrogens is 96.1 g/mol. The SMILES string of the molecule is CCC(C)(O)S. The van der Waals surface area contributed by atoms with Crippen molar-refractivity contribution in [1.82, 2.24) is 0 Å². The van der Waals surface area contributed by atoms with Crippen molar-refractivity contribution in [3.8, 4) is 0 Å². The molecule has 0 bridgehead atoms. The van der Waals surface area contributed by atoms with Gasteiger partial charge in [0.05, 0.1) is 0 Å². The summed E-state index contributed by atoms with van der Waals surface area (Å²) in [6.45, 7) is 3.54. The molecule has 0 saturated carbocycles. The molecule has 6 heavy (non-hydrogen) atoms. The second kappa shape index (κ2) is 1.85. The normalized spacial score (nSPS) is 20.0. The molecule has 0 radical (unpaired) electrons. The predicted octanol–water partition coefficient (Wildman–Crippen LogP) is 1.03. The van der Waals surface area contributed by atoms with E-state index >= 15 is 0 Å². The maximum atomic E-state index is 8.69. The van der Waals surface area contributed by atoms with Gasteiger partial charge in [0.25, 0.3) is 0 Å². The van der Waals surface area contributed by atoms with E-state index in [4.69, 9.17) is 5.11 Å². The van der Waals surface area contributed by atoms with E-state index in [-0.39, 0.29) is 0 Å². The smallest absolute Gasteiger partial charge is 0.104 e. The zero-order valence-corrected chi connectivity index (χ0v) is 5.00. The lowest BCUT2D eigenvalue weighted by Crippen LogP contribution is -2.11. The highest BCUT2D eigenvalue weighted by Gasteiger charge is 2.07. The molecule has 1 unspecified atom stereocenters. The lowest BCUT2D eigenvalue weighted by molar-refractivity contribution is 0.156. The van der Waals surface area contributed by atoms with Crippen molar-refractivity contribution in [3.63, 3.8) is 0 Å². The van der Waals surface area contributed by atoms with Gasteiger partial charge in [0.1, 0.15) is 4.93 Å². The molecule has 0 saturated heterocycles. The van der Waals surface area contributed by atoms with E-state index in [0.29, 0.717) is 6.42 Å². The van der Waals surface area contributed by atoms with Gasteiger partial charge >= 0.3 is 0 Å². The van der Waals surface area contributed by atoms with E-state index in [0.717, 1.165) is 0 Å². The fraction of sp³-hybridized carbons (Fsp3) is 1.00. The summed E-state index contributed by atoms with van der Waals surface area (Å²) in [4.78, 5) is -0.764. The van der Waals surface area contributed by atoms with Crippen LogP contribution in [0.1, 0.15) is 20.3 Å². The van der Waals surface area contributed by atoms with E-state index in [1.165, 1.54) is 0 Å². The molecule has 0 aromatic carbocycles. The van der Waals surface area contributed by atoms with Crippen LogP contribution in [0, 0.1) is 0 Å². The van der Waals surface area contributed by atoms with Gasteiger partial charge in [-0.25, -0.2) is 0 Å². The minimum absolute atomic E-state index is 0.691. The quantitative estimate of drug-likeness (QED) is 0.378. The van der Waals surface area contributed by atoms with Gasteiger partial charge in [0.15, 0.2) is 0 Å². The first-order chi connectivity index (χ1) is 2.56. The minimum Gasteiger partial charge on any atom is -0.380 e. The molecule has 1 nitrogen and oxygen atoms in total. The van der Waals surface area contributed by atoms with E-state index in [1.807, 2.05) is 6.92 Å². The molecule has 0 heterocycles. The Morgan fingerprint density at radius 1 is 1.83 bits per heavy atom. The van der Waals surface area contributed by atoms with Crippen LogP contribution in [-0.2, 0) is 0 Å². The summed E-state index contributed by atoms with van der Waals surface area (Å²) in [5.41, 5.74) is 0. The Morgan fingerprint density at radius 2 is 2.00 bits per heavy atom. The van der Waals surface area contributed by atoms with Gasteiger partial charge in [0, 0.05) is 0 Å². The van der Waals surface area contributed by atoms with Crippen molar-refractivity contribution in [2.24, 2.45) is 0 Å². The highest BCUT2D eigenvalue weighted by molar-refractivity contribution is 7.81. The van der Waals surface area contributed by atoms with Crippen molar-refractivity contribution in [1.29, 1.82) is 0 Å². The Balaban J connectivity index is 3.17. The second-order valence-corrected chi connectivity index (χ2v) is 2.53. The Morgan fingerprint density at radius 3 is 2.00 bits per heavy atom. The Labute approximate surface area is 43.8 Å². The average molecular weight is 106 g/mol. The lowest BCUT2D eigenvalue weighted by Gasteiger charge is -2.10. The van der Waals surface area contributed by atoms with E-state index < -0.39 is 4.93 Å². The summed E-state index contributed by atoms with van der Waals surface area (Å²) < 4.78 is 0. The summed E-state index contributed by atoms with van der Waals surface area (Å²) in [6, 6.07) is 0. The van der Waals surface area contributed by atoms with Gasteiger partial charge in [-0.3, -0.25) is 0 Å². The Bertz CT molecular complexity index is 37.3. The molecule has 0 aromatic rings. The van der Waals surface area contributed by atoms with E-state index in [2.05, 4.69) is 12.6 Å². The van der Waals surface area contributed by atoms with Gasteiger partial charge in [-0.05, 0) is 13.3 Å². The van der Waals surface area contributed by atoms with Gasteiger partial charge in [-0.2, -0.15) is 0 Å². The van der Waals surface area contributed by atoms with Crippen LogP contribution >= 0.6 is 12.6 Å². The van der Waals surface area contributed by atoms with Gasteiger partial charge in [-0.1, -0.05) is 6.92 Å². The molecule has 38 valence electrons. The van der Waals surface area contributed by atoms with Crippen LogP contribution in [0.15, 0.2) is 0 Å². The third kappa shape index (κ3) is 4.31. The molecule has 0 rings (SSSR count). The van der Waals surface area contributed by atoms with Crippen LogP contribution in [0.3, 0.4) is 0 Å². The third-order valence-electron chi connectivity index (χ3n) is 0.670. The average Bonchev–Trinajstić information content (AvgIpc) is 1.35.